The van der Waals surface area contributed by atoms with Crippen LogP contribution in [0.15, 0.2) is 54.6 Å². The van der Waals surface area contributed by atoms with E-state index in [2.05, 4.69) is 10.4 Å². The summed E-state index contributed by atoms with van der Waals surface area (Å²) in [6, 6.07) is 13.8. The normalized spacial score (nSPS) is 11.4. The van der Waals surface area contributed by atoms with Crippen LogP contribution in [0.5, 0.6) is 5.88 Å². The molecule has 0 bridgehead atoms. The summed E-state index contributed by atoms with van der Waals surface area (Å²) in [5, 5.41) is 15.4. The van der Waals surface area contributed by atoms with E-state index < -0.39 is 24.4 Å². The number of aliphatic hydroxyl groups is 1. The Balaban J connectivity index is 1.80. The fourth-order valence-electron chi connectivity index (χ4n) is 2.71. The average molecular weight is 440 g/mol. The number of hydrogen-bond acceptors (Lipinski definition) is 4. The summed E-state index contributed by atoms with van der Waals surface area (Å²) in [5.74, 6) is -0.866. The van der Waals surface area contributed by atoms with Crippen LogP contribution in [-0.2, 0) is 17.4 Å². The number of benzene rings is 2. The Hall–Kier alpha value is -3.04. The summed E-state index contributed by atoms with van der Waals surface area (Å²) in [5.41, 5.74) is 0.203. The first-order chi connectivity index (χ1) is 14.3. The van der Waals surface area contributed by atoms with Crippen LogP contribution in [0.2, 0.25) is 5.02 Å². The Morgan fingerprint density at radius 2 is 1.87 bits per heavy atom. The van der Waals surface area contributed by atoms with Crippen LogP contribution < -0.4 is 10.1 Å². The molecule has 0 atom stereocenters. The number of ether oxygens (including phenoxy) is 1. The molecule has 10 heteroatoms. The third kappa shape index (κ3) is 5.11. The molecule has 3 rings (SSSR count). The van der Waals surface area contributed by atoms with Gasteiger partial charge in [0.05, 0.1) is 10.7 Å². The quantitative estimate of drug-likeness (QED) is 0.581. The fourth-order valence-corrected chi connectivity index (χ4v) is 2.92. The number of aliphatic hydroxyl groups excluding tert-OH is 1. The SMILES string of the molecule is O=C(COc1cc(C(F)(F)F)nn1-c1ccccc1Cl)Nc1ccccc1CCO. The van der Waals surface area contributed by atoms with Crippen molar-refractivity contribution in [2.24, 2.45) is 0 Å². The molecule has 0 saturated carbocycles. The molecule has 2 aromatic carbocycles. The number of aromatic nitrogens is 2. The first-order valence-corrected chi connectivity index (χ1v) is 9.21. The van der Waals surface area contributed by atoms with Crippen molar-refractivity contribution < 1.29 is 27.8 Å². The molecule has 0 aliphatic rings. The molecule has 0 radical (unpaired) electrons. The van der Waals surface area contributed by atoms with Crippen LogP contribution in [-0.4, -0.2) is 34.0 Å². The minimum Gasteiger partial charge on any atom is -0.467 e. The molecule has 1 heterocycles. The Bertz CT molecular complexity index is 1040. The molecule has 30 heavy (non-hydrogen) atoms. The van der Waals surface area contributed by atoms with Gasteiger partial charge in [-0.1, -0.05) is 41.9 Å². The van der Waals surface area contributed by atoms with Crippen LogP contribution in [0.4, 0.5) is 18.9 Å². The number of carbonyl (C=O) groups is 1. The van der Waals surface area contributed by atoms with Gasteiger partial charge in [0.25, 0.3) is 5.91 Å². The highest BCUT2D eigenvalue weighted by Gasteiger charge is 2.36. The van der Waals surface area contributed by atoms with Crippen molar-refractivity contribution in [3.63, 3.8) is 0 Å². The second-order valence-electron chi connectivity index (χ2n) is 6.20. The number of amides is 1. The van der Waals surface area contributed by atoms with Crippen molar-refractivity contribution in [1.29, 1.82) is 0 Å². The Morgan fingerprint density at radius 3 is 2.57 bits per heavy atom. The van der Waals surface area contributed by atoms with Crippen molar-refractivity contribution in [3.8, 4) is 11.6 Å². The predicted molar refractivity (Wildman–Crippen MR) is 105 cm³/mol. The van der Waals surface area contributed by atoms with E-state index >= 15 is 0 Å². The number of nitrogens with zero attached hydrogens (tertiary/aromatic N) is 2. The van der Waals surface area contributed by atoms with Gasteiger partial charge >= 0.3 is 6.18 Å². The molecule has 158 valence electrons. The van der Waals surface area contributed by atoms with Crippen LogP contribution in [0.1, 0.15) is 11.3 Å². The number of anilines is 1. The molecule has 0 aliphatic carbocycles. The van der Waals surface area contributed by atoms with Gasteiger partial charge in [0.15, 0.2) is 12.3 Å². The molecule has 0 aliphatic heterocycles. The summed E-state index contributed by atoms with van der Waals surface area (Å²) in [7, 11) is 0. The molecule has 0 saturated heterocycles. The second kappa shape index (κ2) is 9.19. The maximum absolute atomic E-state index is 13.1. The molecular weight excluding hydrogens is 423 g/mol. The zero-order valence-electron chi connectivity index (χ0n) is 15.5. The number of carbonyl (C=O) groups excluding carboxylic acids is 1. The van der Waals surface area contributed by atoms with Crippen molar-refractivity contribution in [2.45, 2.75) is 12.6 Å². The highest BCUT2D eigenvalue weighted by Crippen LogP contribution is 2.33. The van der Waals surface area contributed by atoms with E-state index in [-0.39, 0.29) is 23.2 Å². The lowest BCUT2D eigenvalue weighted by Gasteiger charge is -2.12. The Kier molecular flexibility index (Phi) is 6.63. The van der Waals surface area contributed by atoms with Gasteiger partial charge in [0.1, 0.15) is 0 Å². The van der Waals surface area contributed by atoms with E-state index in [1.807, 2.05) is 0 Å². The topological polar surface area (TPSA) is 76.4 Å². The molecule has 3 aromatic rings. The molecule has 6 nitrogen and oxygen atoms in total. The summed E-state index contributed by atoms with van der Waals surface area (Å²) in [4.78, 5) is 12.3. The van der Waals surface area contributed by atoms with Gasteiger partial charge in [-0.3, -0.25) is 4.79 Å². The van der Waals surface area contributed by atoms with Gasteiger partial charge in [-0.05, 0) is 30.2 Å². The van der Waals surface area contributed by atoms with E-state index in [0.717, 1.165) is 4.68 Å². The largest absolute Gasteiger partial charge is 0.467 e. The minimum atomic E-state index is -4.70. The van der Waals surface area contributed by atoms with Gasteiger partial charge in [-0.15, -0.1) is 0 Å². The number of halogens is 4. The summed E-state index contributed by atoms with van der Waals surface area (Å²) < 4.78 is 45.6. The highest BCUT2D eigenvalue weighted by molar-refractivity contribution is 6.32. The monoisotopic (exact) mass is 439 g/mol. The number of para-hydroxylation sites is 2. The smallest absolute Gasteiger partial charge is 0.435 e. The lowest BCUT2D eigenvalue weighted by Crippen LogP contribution is -2.22. The lowest BCUT2D eigenvalue weighted by atomic mass is 10.1. The second-order valence-corrected chi connectivity index (χ2v) is 6.60. The minimum absolute atomic E-state index is 0.0966. The maximum Gasteiger partial charge on any atom is 0.435 e. The van der Waals surface area contributed by atoms with E-state index in [0.29, 0.717) is 23.7 Å². The number of alkyl halides is 3. The van der Waals surface area contributed by atoms with Crippen LogP contribution >= 0.6 is 11.6 Å². The van der Waals surface area contributed by atoms with E-state index in [9.17, 15) is 18.0 Å². The Labute approximate surface area is 174 Å². The van der Waals surface area contributed by atoms with Crippen LogP contribution in [0.25, 0.3) is 5.69 Å². The number of rotatable bonds is 7. The van der Waals surface area contributed by atoms with Gasteiger partial charge in [0.2, 0.25) is 5.88 Å². The Morgan fingerprint density at radius 1 is 1.17 bits per heavy atom. The summed E-state index contributed by atoms with van der Waals surface area (Å²) in [6.07, 6.45) is -4.36. The molecule has 1 aromatic heterocycles. The molecule has 0 fully saturated rings. The predicted octanol–water partition coefficient (Wildman–Crippen LogP) is 4.10. The molecule has 1 amide bonds. The van der Waals surface area contributed by atoms with Crippen molar-refractivity contribution in [3.05, 3.63) is 70.9 Å². The summed E-state index contributed by atoms with van der Waals surface area (Å²) >= 11 is 6.07. The van der Waals surface area contributed by atoms with Gasteiger partial charge in [-0.25, -0.2) is 0 Å². The van der Waals surface area contributed by atoms with Crippen LogP contribution in [0, 0.1) is 0 Å². The fraction of sp³-hybridized carbons (Fsp3) is 0.200. The molecule has 2 N–H and O–H groups in total. The van der Waals surface area contributed by atoms with Gasteiger partial charge in [0, 0.05) is 18.4 Å². The number of nitrogens with one attached hydrogen (secondary N) is 1. The maximum atomic E-state index is 13.1. The number of hydrogen-bond donors (Lipinski definition) is 2. The molecular formula is C20H17ClF3N3O3. The third-order valence-corrected chi connectivity index (χ3v) is 4.39. The van der Waals surface area contributed by atoms with Crippen molar-refractivity contribution in [1.82, 2.24) is 9.78 Å². The van der Waals surface area contributed by atoms with Gasteiger partial charge < -0.3 is 15.2 Å². The van der Waals surface area contributed by atoms with Crippen molar-refractivity contribution in [2.75, 3.05) is 18.5 Å². The third-order valence-electron chi connectivity index (χ3n) is 4.07. The zero-order chi connectivity index (χ0) is 21.7. The van der Waals surface area contributed by atoms with E-state index in [4.69, 9.17) is 21.4 Å². The van der Waals surface area contributed by atoms with Crippen LogP contribution in [0.3, 0.4) is 0 Å². The zero-order valence-corrected chi connectivity index (χ0v) is 16.2. The van der Waals surface area contributed by atoms with E-state index in [1.165, 1.54) is 12.1 Å². The van der Waals surface area contributed by atoms with E-state index in [1.54, 1.807) is 36.4 Å². The highest BCUT2D eigenvalue weighted by atomic mass is 35.5. The first kappa shape index (κ1) is 21.7. The molecule has 0 spiro atoms. The average Bonchev–Trinajstić information content (AvgIpc) is 3.13. The lowest BCUT2D eigenvalue weighted by molar-refractivity contribution is -0.141. The molecule has 0 unspecified atom stereocenters. The van der Waals surface area contributed by atoms with Gasteiger partial charge in [-0.2, -0.15) is 23.0 Å². The standard InChI is InChI=1S/C20H17ClF3N3O3/c21-14-6-2-4-8-16(14)27-19(11-17(26-27)20(22,23)24)30-12-18(29)25-15-7-3-1-5-13(15)9-10-28/h1-8,11,28H,9-10,12H2,(H,25,29). The first-order valence-electron chi connectivity index (χ1n) is 8.83. The summed E-state index contributed by atoms with van der Waals surface area (Å²) in [6.45, 7) is -0.651. The van der Waals surface area contributed by atoms with Crippen molar-refractivity contribution >= 4 is 23.2 Å².